The van der Waals surface area contributed by atoms with Crippen LogP contribution in [0.3, 0.4) is 0 Å². The van der Waals surface area contributed by atoms with Gasteiger partial charge in [-0.3, -0.25) is 0 Å². The van der Waals surface area contributed by atoms with Crippen LogP contribution < -0.4 is 5.32 Å². The maximum Gasteiger partial charge on any atom is 0.133 e. The molecule has 2 unspecified atom stereocenters. The van der Waals surface area contributed by atoms with Crippen LogP contribution in [-0.4, -0.2) is 13.2 Å². The maximum absolute atomic E-state index is 5.85. The van der Waals surface area contributed by atoms with Gasteiger partial charge in [0.05, 0.1) is 12.9 Å². The number of allylic oxidation sites excluding steroid dienone is 2. The quantitative estimate of drug-likeness (QED) is 0.764. The lowest BCUT2D eigenvalue weighted by Crippen LogP contribution is -2.19. The van der Waals surface area contributed by atoms with Gasteiger partial charge in [-0.25, -0.2) is 0 Å². The first-order chi connectivity index (χ1) is 9.31. The number of rotatable bonds is 7. The Kier molecular flexibility index (Phi) is 5.67. The first-order valence-electron chi connectivity index (χ1n) is 7.30. The monoisotopic (exact) mass is 263 g/mol. The van der Waals surface area contributed by atoms with Crippen LogP contribution in [0.5, 0.6) is 0 Å². The van der Waals surface area contributed by atoms with Crippen LogP contribution in [0.15, 0.2) is 28.9 Å². The molecule has 0 amide bonds. The van der Waals surface area contributed by atoms with Gasteiger partial charge in [0, 0.05) is 12.1 Å². The fraction of sp³-hybridized carbons (Fsp3) is 0.625. The highest BCUT2D eigenvalue weighted by atomic mass is 16.5. The largest absolute Gasteiger partial charge is 0.467 e. The predicted molar refractivity (Wildman–Crippen MR) is 76.8 cm³/mol. The molecule has 1 aliphatic rings. The fourth-order valence-corrected chi connectivity index (χ4v) is 2.45. The van der Waals surface area contributed by atoms with Crippen molar-refractivity contribution in [2.75, 3.05) is 13.2 Å². The topological polar surface area (TPSA) is 34.4 Å². The van der Waals surface area contributed by atoms with Gasteiger partial charge >= 0.3 is 0 Å². The molecule has 1 N–H and O–H groups in total. The second-order valence-corrected chi connectivity index (χ2v) is 5.34. The Hall–Kier alpha value is -1.06. The Bertz CT molecular complexity index is 397. The van der Waals surface area contributed by atoms with Gasteiger partial charge in [-0.1, -0.05) is 26.0 Å². The summed E-state index contributed by atoms with van der Waals surface area (Å²) in [5, 5.41) is 3.31. The molecule has 0 aromatic carbocycles. The maximum atomic E-state index is 5.85. The molecular formula is C16H25NO2. The van der Waals surface area contributed by atoms with Crippen molar-refractivity contribution >= 4 is 0 Å². The molecule has 0 saturated heterocycles. The third-order valence-corrected chi connectivity index (χ3v) is 3.89. The molecule has 1 heterocycles. The van der Waals surface area contributed by atoms with Gasteiger partial charge in [0.25, 0.3) is 0 Å². The predicted octanol–water partition coefficient (Wildman–Crippen LogP) is 3.51. The van der Waals surface area contributed by atoms with Crippen LogP contribution in [-0.2, 0) is 17.9 Å². The van der Waals surface area contributed by atoms with Crippen LogP contribution in [0.25, 0.3) is 0 Å². The summed E-state index contributed by atoms with van der Waals surface area (Å²) in [5.41, 5.74) is 1.21. The van der Waals surface area contributed by atoms with E-state index in [0.717, 1.165) is 37.8 Å². The Morgan fingerprint density at radius 1 is 1.37 bits per heavy atom. The number of hydrogen-bond donors (Lipinski definition) is 1. The summed E-state index contributed by atoms with van der Waals surface area (Å²) in [5.74, 6) is 2.33. The summed E-state index contributed by atoms with van der Waals surface area (Å²) in [6, 6.07) is 2.02. The molecule has 1 aromatic heterocycles. The molecule has 0 aliphatic heterocycles. The van der Waals surface area contributed by atoms with E-state index in [2.05, 4.69) is 31.3 Å². The molecule has 19 heavy (non-hydrogen) atoms. The second-order valence-electron chi connectivity index (χ2n) is 5.34. The van der Waals surface area contributed by atoms with Gasteiger partial charge in [0.15, 0.2) is 0 Å². The van der Waals surface area contributed by atoms with Crippen LogP contribution in [0.4, 0.5) is 0 Å². The molecule has 0 fully saturated rings. The molecule has 1 aliphatic carbocycles. The highest BCUT2D eigenvalue weighted by molar-refractivity contribution is 5.16. The van der Waals surface area contributed by atoms with Gasteiger partial charge in [0.1, 0.15) is 12.4 Å². The average Bonchev–Trinajstić information content (AvgIpc) is 2.86. The molecular weight excluding hydrogens is 238 g/mol. The van der Waals surface area contributed by atoms with Gasteiger partial charge in [-0.05, 0) is 37.3 Å². The van der Waals surface area contributed by atoms with Crippen molar-refractivity contribution < 1.29 is 9.15 Å². The van der Waals surface area contributed by atoms with Crippen LogP contribution >= 0.6 is 0 Å². The molecule has 2 atom stereocenters. The first kappa shape index (κ1) is 14.4. The van der Waals surface area contributed by atoms with Crippen molar-refractivity contribution in [2.45, 2.75) is 39.8 Å². The number of ether oxygens (including phenoxy) is 1. The zero-order chi connectivity index (χ0) is 13.5. The second kappa shape index (κ2) is 7.51. The lowest BCUT2D eigenvalue weighted by Gasteiger charge is -2.24. The smallest absolute Gasteiger partial charge is 0.133 e. The number of furan rings is 1. The minimum atomic E-state index is 0.584. The summed E-state index contributed by atoms with van der Waals surface area (Å²) < 4.78 is 11.4. The van der Waals surface area contributed by atoms with E-state index >= 15 is 0 Å². The minimum Gasteiger partial charge on any atom is -0.467 e. The molecule has 2 rings (SSSR count). The summed E-state index contributed by atoms with van der Waals surface area (Å²) in [6.07, 6.45) is 8.63. The van der Waals surface area contributed by atoms with Crippen LogP contribution in [0.2, 0.25) is 0 Å². The van der Waals surface area contributed by atoms with Crippen LogP contribution in [0, 0.1) is 11.8 Å². The molecule has 0 bridgehead atoms. The normalized spacial score (nSPS) is 22.8. The molecule has 3 heteroatoms. The Morgan fingerprint density at radius 3 is 3.00 bits per heavy atom. The number of nitrogens with one attached hydrogen (secondary N) is 1. The summed E-state index contributed by atoms with van der Waals surface area (Å²) in [4.78, 5) is 0. The van der Waals surface area contributed by atoms with E-state index in [1.54, 1.807) is 6.26 Å². The molecule has 106 valence electrons. The Labute approximate surface area is 116 Å². The van der Waals surface area contributed by atoms with Gasteiger partial charge in [-0.2, -0.15) is 0 Å². The zero-order valence-corrected chi connectivity index (χ0v) is 12.0. The van der Waals surface area contributed by atoms with E-state index in [0.29, 0.717) is 12.5 Å². The third-order valence-electron chi connectivity index (χ3n) is 3.89. The van der Waals surface area contributed by atoms with Crippen molar-refractivity contribution in [3.8, 4) is 0 Å². The van der Waals surface area contributed by atoms with Crippen molar-refractivity contribution in [3.05, 3.63) is 35.8 Å². The lowest BCUT2D eigenvalue weighted by atomic mass is 9.85. The summed E-state index contributed by atoms with van der Waals surface area (Å²) >= 11 is 0. The van der Waals surface area contributed by atoms with E-state index in [-0.39, 0.29) is 0 Å². The average molecular weight is 263 g/mol. The van der Waals surface area contributed by atoms with Crippen LogP contribution in [0.1, 0.15) is 38.0 Å². The van der Waals surface area contributed by atoms with Crippen molar-refractivity contribution in [3.63, 3.8) is 0 Å². The van der Waals surface area contributed by atoms with E-state index in [1.807, 2.05) is 6.07 Å². The molecule has 1 aromatic rings. The fourth-order valence-electron chi connectivity index (χ4n) is 2.45. The summed E-state index contributed by atoms with van der Waals surface area (Å²) in [7, 11) is 0. The molecule has 0 radical (unpaired) electrons. The van der Waals surface area contributed by atoms with E-state index in [4.69, 9.17) is 9.15 Å². The van der Waals surface area contributed by atoms with Crippen molar-refractivity contribution in [1.82, 2.24) is 5.32 Å². The highest BCUT2D eigenvalue weighted by Gasteiger charge is 2.18. The zero-order valence-electron chi connectivity index (χ0n) is 12.0. The standard InChI is InChI=1S/C16H25NO2/c1-3-17-10-14-8-9-19-16(14)12-18-11-15-7-5-4-6-13(15)2/h4-5,8-9,13,15,17H,3,6-7,10-12H2,1-2H3. The van der Waals surface area contributed by atoms with Gasteiger partial charge in [0.2, 0.25) is 0 Å². The van der Waals surface area contributed by atoms with Crippen molar-refractivity contribution in [2.24, 2.45) is 11.8 Å². The molecule has 3 nitrogen and oxygen atoms in total. The first-order valence-corrected chi connectivity index (χ1v) is 7.30. The number of hydrogen-bond acceptors (Lipinski definition) is 3. The van der Waals surface area contributed by atoms with E-state index in [1.165, 1.54) is 12.0 Å². The Balaban J connectivity index is 1.76. The van der Waals surface area contributed by atoms with E-state index in [9.17, 15) is 0 Å². The molecule has 0 saturated carbocycles. The Morgan fingerprint density at radius 2 is 2.21 bits per heavy atom. The molecule has 0 spiro atoms. The van der Waals surface area contributed by atoms with Gasteiger partial charge in [-0.15, -0.1) is 0 Å². The van der Waals surface area contributed by atoms with E-state index < -0.39 is 0 Å². The SMILES string of the molecule is CCNCc1ccoc1COCC1CC=CCC1C. The third kappa shape index (κ3) is 4.22. The summed E-state index contributed by atoms with van der Waals surface area (Å²) in [6.45, 7) is 7.65. The van der Waals surface area contributed by atoms with Gasteiger partial charge < -0.3 is 14.5 Å². The lowest BCUT2D eigenvalue weighted by molar-refractivity contribution is 0.0577. The minimum absolute atomic E-state index is 0.584. The highest BCUT2D eigenvalue weighted by Crippen LogP contribution is 2.25. The van der Waals surface area contributed by atoms with Crippen molar-refractivity contribution in [1.29, 1.82) is 0 Å².